The summed E-state index contributed by atoms with van der Waals surface area (Å²) in [6, 6.07) is -0.329. The van der Waals surface area contributed by atoms with Gasteiger partial charge in [0.1, 0.15) is 0 Å². The highest BCUT2D eigenvalue weighted by molar-refractivity contribution is 6.19. The fourth-order valence-electron chi connectivity index (χ4n) is 2.65. The molecule has 0 aromatic heterocycles. The van der Waals surface area contributed by atoms with Crippen molar-refractivity contribution in [2.75, 3.05) is 0 Å². The maximum atomic E-state index is 12.0. The summed E-state index contributed by atoms with van der Waals surface area (Å²) in [5.41, 5.74) is 1.04. The molecule has 0 bridgehead atoms. The van der Waals surface area contributed by atoms with Crippen LogP contribution in [0.1, 0.15) is 46.0 Å². The molecule has 1 aliphatic carbocycles. The third-order valence-electron chi connectivity index (χ3n) is 3.92. The maximum absolute atomic E-state index is 12.0. The van der Waals surface area contributed by atoms with E-state index in [4.69, 9.17) is 0 Å². The van der Waals surface area contributed by atoms with Crippen molar-refractivity contribution in [1.29, 1.82) is 0 Å². The van der Waals surface area contributed by atoms with Gasteiger partial charge in [-0.3, -0.25) is 14.5 Å². The van der Waals surface area contributed by atoms with Crippen molar-refractivity contribution in [2.45, 2.75) is 58.1 Å². The number of rotatable bonds is 1. The van der Waals surface area contributed by atoms with Gasteiger partial charge in [-0.05, 0) is 26.7 Å². The summed E-state index contributed by atoms with van der Waals surface area (Å²) in [6.45, 7) is 3.36. The Morgan fingerprint density at radius 3 is 2.12 bits per heavy atom. The lowest BCUT2D eigenvalue weighted by atomic mass is 10.0. The zero-order valence-electron chi connectivity index (χ0n) is 10.4. The third kappa shape index (κ3) is 2.02. The maximum Gasteiger partial charge on any atom is 0.257 e. The molecule has 94 valence electrons. The van der Waals surface area contributed by atoms with Crippen LogP contribution in [0, 0.1) is 0 Å². The highest BCUT2D eigenvalue weighted by Gasteiger charge is 2.41. The van der Waals surface area contributed by atoms with Gasteiger partial charge in [-0.15, -0.1) is 0 Å². The largest absolute Gasteiger partial charge is 0.391 e. The first-order valence-corrected chi connectivity index (χ1v) is 6.27. The van der Waals surface area contributed by atoms with E-state index in [0.717, 1.165) is 25.7 Å². The van der Waals surface area contributed by atoms with Crippen LogP contribution in [-0.4, -0.2) is 34.0 Å². The SMILES string of the molecule is CC1=C(C)C(=O)N(C2CCCCCC2O)C1=O. The fourth-order valence-corrected chi connectivity index (χ4v) is 2.65. The Hall–Kier alpha value is -1.16. The summed E-state index contributed by atoms with van der Waals surface area (Å²) < 4.78 is 0. The molecule has 0 aromatic carbocycles. The van der Waals surface area contributed by atoms with Crippen molar-refractivity contribution in [2.24, 2.45) is 0 Å². The Bertz CT molecular complexity index is 362. The standard InChI is InChI=1S/C13H19NO3/c1-8-9(2)13(17)14(12(8)16)10-6-4-3-5-7-11(10)15/h10-11,15H,3-7H2,1-2H3. The number of hydrogen-bond acceptors (Lipinski definition) is 3. The van der Waals surface area contributed by atoms with E-state index < -0.39 is 6.10 Å². The average molecular weight is 237 g/mol. The Labute approximate surface area is 101 Å². The van der Waals surface area contributed by atoms with Crippen LogP contribution in [0.25, 0.3) is 0 Å². The van der Waals surface area contributed by atoms with Crippen LogP contribution in [0.3, 0.4) is 0 Å². The van der Waals surface area contributed by atoms with Crippen molar-refractivity contribution >= 4 is 11.8 Å². The Kier molecular flexibility index (Phi) is 3.33. The lowest BCUT2D eigenvalue weighted by Crippen LogP contribution is -2.47. The number of nitrogens with zero attached hydrogens (tertiary/aromatic N) is 1. The van der Waals surface area contributed by atoms with Crippen LogP contribution in [0.15, 0.2) is 11.1 Å². The van der Waals surface area contributed by atoms with E-state index in [1.807, 2.05) is 0 Å². The summed E-state index contributed by atoms with van der Waals surface area (Å²) in [5.74, 6) is -0.447. The number of imide groups is 1. The number of hydrogen-bond donors (Lipinski definition) is 1. The number of amides is 2. The molecule has 1 saturated carbocycles. The quantitative estimate of drug-likeness (QED) is 0.554. The molecule has 0 saturated heterocycles. The minimum absolute atomic E-state index is 0.224. The number of aliphatic hydroxyl groups is 1. The summed E-state index contributed by atoms with van der Waals surface area (Å²) >= 11 is 0. The van der Waals surface area contributed by atoms with E-state index in [1.54, 1.807) is 13.8 Å². The van der Waals surface area contributed by atoms with Gasteiger partial charge in [0.15, 0.2) is 0 Å². The van der Waals surface area contributed by atoms with Gasteiger partial charge in [-0.25, -0.2) is 0 Å². The minimum Gasteiger partial charge on any atom is -0.391 e. The molecule has 1 fully saturated rings. The molecular weight excluding hydrogens is 218 g/mol. The molecule has 2 rings (SSSR count). The number of carbonyl (C=O) groups excluding carboxylic acids is 2. The van der Waals surface area contributed by atoms with Gasteiger partial charge in [0.05, 0.1) is 12.1 Å². The van der Waals surface area contributed by atoms with Gasteiger partial charge < -0.3 is 5.11 Å². The Morgan fingerprint density at radius 2 is 1.53 bits per heavy atom. The second-order valence-corrected chi connectivity index (χ2v) is 5.00. The van der Waals surface area contributed by atoms with Crippen LogP contribution in [-0.2, 0) is 9.59 Å². The van der Waals surface area contributed by atoms with Gasteiger partial charge in [0.2, 0.25) is 0 Å². The Morgan fingerprint density at radius 1 is 1.00 bits per heavy atom. The van der Waals surface area contributed by atoms with Crippen molar-refractivity contribution in [3.05, 3.63) is 11.1 Å². The first-order chi connectivity index (χ1) is 8.04. The van der Waals surface area contributed by atoms with Crippen molar-refractivity contribution in [1.82, 2.24) is 4.90 Å². The molecule has 2 unspecified atom stereocenters. The second kappa shape index (κ2) is 4.61. The fraction of sp³-hybridized carbons (Fsp3) is 0.692. The van der Waals surface area contributed by atoms with E-state index in [1.165, 1.54) is 4.90 Å². The normalized spacial score (nSPS) is 31.1. The zero-order valence-corrected chi connectivity index (χ0v) is 10.4. The van der Waals surface area contributed by atoms with E-state index in [-0.39, 0.29) is 17.9 Å². The Balaban J connectivity index is 2.23. The molecule has 2 aliphatic rings. The van der Waals surface area contributed by atoms with Crippen LogP contribution in [0.5, 0.6) is 0 Å². The predicted octanol–water partition coefficient (Wildman–Crippen LogP) is 1.39. The molecule has 4 heteroatoms. The molecule has 0 aromatic rings. The molecule has 0 radical (unpaired) electrons. The first-order valence-electron chi connectivity index (χ1n) is 6.27. The van der Waals surface area contributed by atoms with E-state index in [0.29, 0.717) is 17.6 Å². The lowest BCUT2D eigenvalue weighted by molar-refractivity contribution is -0.143. The van der Waals surface area contributed by atoms with Gasteiger partial charge in [0, 0.05) is 11.1 Å². The average Bonchev–Trinajstić information content (AvgIpc) is 2.52. The summed E-state index contributed by atoms with van der Waals surface area (Å²) in [7, 11) is 0. The topological polar surface area (TPSA) is 57.6 Å². The second-order valence-electron chi connectivity index (χ2n) is 5.00. The number of aliphatic hydroxyl groups excluding tert-OH is 1. The highest BCUT2D eigenvalue weighted by Crippen LogP contribution is 2.29. The van der Waals surface area contributed by atoms with Crippen molar-refractivity contribution in [3.8, 4) is 0 Å². The van der Waals surface area contributed by atoms with E-state index in [9.17, 15) is 14.7 Å². The molecule has 1 N–H and O–H groups in total. The molecule has 1 aliphatic heterocycles. The summed E-state index contributed by atoms with van der Waals surface area (Å²) in [5, 5.41) is 10.1. The van der Waals surface area contributed by atoms with Crippen molar-refractivity contribution in [3.63, 3.8) is 0 Å². The molecule has 0 spiro atoms. The van der Waals surface area contributed by atoms with Crippen molar-refractivity contribution < 1.29 is 14.7 Å². The smallest absolute Gasteiger partial charge is 0.257 e. The van der Waals surface area contributed by atoms with Crippen LogP contribution < -0.4 is 0 Å². The van der Waals surface area contributed by atoms with E-state index >= 15 is 0 Å². The van der Waals surface area contributed by atoms with Gasteiger partial charge in [0.25, 0.3) is 11.8 Å². The highest BCUT2D eigenvalue weighted by atomic mass is 16.3. The summed E-state index contributed by atoms with van der Waals surface area (Å²) in [4.78, 5) is 25.3. The van der Waals surface area contributed by atoms with Crippen LogP contribution >= 0.6 is 0 Å². The lowest BCUT2D eigenvalue weighted by Gasteiger charge is -2.29. The minimum atomic E-state index is -0.566. The van der Waals surface area contributed by atoms with Gasteiger partial charge >= 0.3 is 0 Å². The van der Waals surface area contributed by atoms with Crippen LogP contribution in [0.2, 0.25) is 0 Å². The van der Waals surface area contributed by atoms with Gasteiger partial charge in [-0.2, -0.15) is 0 Å². The molecule has 2 amide bonds. The molecule has 1 heterocycles. The molecule has 2 atom stereocenters. The van der Waals surface area contributed by atoms with Gasteiger partial charge in [-0.1, -0.05) is 19.3 Å². The monoisotopic (exact) mass is 237 g/mol. The van der Waals surface area contributed by atoms with Crippen LogP contribution in [0.4, 0.5) is 0 Å². The third-order valence-corrected chi connectivity index (χ3v) is 3.92. The molecular formula is C13H19NO3. The first kappa shape index (κ1) is 12.3. The van der Waals surface area contributed by atoms with E-state index in [2.05, 4.69) is 0 Å². The zero-order chi connectivity index (χ0) is 12.6. The molecule has 17 heavy (non-hydrogen) atoms. The predicted molar refractivity (Wildman–Crippen MR) is 63.1 cm³/mol. The number of carbonyl (C=O) groups is 2. The molecule has 4 nitrogen and oxygen atoms in total. The summed E-state index contributed by atoms with van der Waals surface area (Å²) in [6.07, 6.45) is 3.84.